The summed E-state index contributed by atoms with van der Waals surface area (Å²) in [4.78, 5) is 1.43. The van der Waals surface area contributed by atoms with Crippen LogP contribution in [0.2, 0.25) is 0 Å². The van der Waals surface area contributed by atoms with Crippen molar-refractivity contribution in [1.29, 1.82) is 0 Å². The van der Waals surface area contributed by atoms with E-state index in [1.54, 1.807) is 23.5 Å². The first-order chi connectivity index (χ1) is 16.5. The highest BCUT2D eigenvalue weighted by molar-refractivity contribution is 7.89. The van der Waals surface area contributed by atoms with Gasteiger partial charge in [-0.15, -0.1) is 16.4 Å². The van der Waals surface area contributed by atoms with Gasteiger partial charge in [-0.25, -0.2) is 0 Å². The second kappa shape index (κ2) is 7.96. The maximum Gasteiger partial charge on any atom is 0.283 e. The van der Waals surface area contributed by atoms with E-state index in [0.717, 1.165) is 29.5 Å². The number of fused-ring (bicyclic) bond motifs is 1. The third-order valence-corrected chi connectivity index (χ3v) is 9.36. The van der Waals surface area contributed by atoms with Gasteiger partial charge in [0, 0.05) is 22.9 Å². The van der Waals surface area contributed by atoms with Gasteiger partial charge in [-0.2, -0.15) is 12.5 Å². The first kappa shape index (κ1) is 21.4. The van der Waals surface area contributed by atoms with Crippen molar-refractivity contribution in [3.05, 3.63) is 105 Å². The highest BCUT2D eigenvalue weighted by Gasteiger charge is 2.41. The molecule has 0 radical (unpaired) electrons. The van der Waals surface area contributed by atoms with Crippen LogP contribution in [0.1, 0.15) is 40.1 Å². The zero-order valence-electron chi connectivity index (χ0n) is 18.8. The minimum atomic E-state index is -3.86. The highest BCUT2D eigenvalue weighted by Crippen LogP contribution is 2.45. The molecule has 2 heterocycles. The van der Waals surface area contributed by atoms with Crippen molar-refractivity contribution >= 4 is 33.3 Å². The molecular weight excluding hydrogens is 462 g/mol. The normalized spacial score (nSPS) is 19.7. The van der Waals surface area contributed by atoms with Crippen LogP contribution >= 0.6 is 11.3 Å². The van der Waals surface area contributed by atoms with Crippen molar-refractivity contribution < 1.29 is 8.42 Å². The summed E-state index contributed by atoms with van der Waals surface area (Å²) in [7, 11) is -3.86. The Morgan fingerprint density at radius 2 is 1.79 bits per heavy atom. The molecule has 7 heteroatoms. The maximum atomic E-state index is 13.8. The Bertz CT molecular complexity index is 1470. The topological polar surface area (TPSA) is 64.0 Å². The molecule has 0 spiro atoms. The van der Waals surface area contributed by atoms with Gasteiger partial charge in [-0.1, -0.05) is 66.2 Å². The van der Waals surface area contributed by atoms with E-state index in [-0.39, 0.29) is 4.90 Å². The minimum absolute atomic E-state index is 0.248. The molecule has 5 nitrogen and oxygen atoms in total. The van der Waals surface area contributed by atoms with Gasteiger partial charge in [0.05, 0.1) is 16.0 Å². The predicted octanol–water partition coefficient (Wildman–Crippen LogP) is 5.62. The molecule has 1 N–H and O–H groups in total. The molecular formula is C27H25N3O2S2. The van der Waals surface area contributed by atoms with Crippen molar-refractivity contribution in [3.63, 3.8) is 0 Å². The fraction of sp³-hybridized carbons (Fsp3) is 0.222. The summed E-state index contributed by atoms with van der Waals surface area (Å²) in [6.07, 6.45) is 6.95. The number of rotatable bonds is 6. The van der Waals surface area contributed by atoms with Gasteiger partial charge in [0.25, 0.3) is 10.0 Å². The van der Waals surface area contributed by atoms with Crippen LogP contribution in [0.4, 0.5) is 5.82 Å². The second-order valence-corrected chi connectivity index (χ2v) is 11.8. The molecule has 0 amide bonds. The van der Waals surface area contributed by atoms with Gasteiger partial charge in [-0.05, 0) is 48.9 Å². The van der Waals surface area contributed by atoms with E-state index in [4.69, 9.17) is 0 Å². The second-order valence-electron chi connectivity index (χ2n) is 9.11. The lowest BCUT2D eigenvalue weighted by atomic mass is 9.72. The fourth-order valence-electron chi connectivity index (χ4n) is 4.65. The first-order valence-electron chi connectivity index (χ1n) is 11.5. The summed E-state index contributed by atoms with van der Waals surface area (Å²) in [6, 6.07) is 21.8. The molecule has 2 aliphatic rings. The third kappa shape index (κ3) is 3.51. The number of hydrogen-bond donors (Lipinski definition) is 1. The molecule has 34 heavy (non-hydrogen) atoms. The number of benzene rings is 2. The van der Waals surface area contributed by atoms with Crippen LogP contribution in [-0.2, 0) is 21.9 Å². The average molecular weight is 488 g/mol. The summed E-state index contributed by atoms with van der Waals surface area (Å²) in [5, 5.41) is 10.2. The number of hydrogen-bond acceptors (Lipinski definition) is 5. The van der Waals surface area contributed by atoms with Crippen molar-refractivity contribution in [2.24, 2.45) is 0 Å². The van der Waals surface area contributed by atoms with E-state index >= 15 is 0 Å². The molecule has 4 aromatic rings. The number of nitrogens with one attached hydrogen (secondary N) is 1. The van der Waals surface area contributed by atoms with Crippen LogP contribution in [0.25, 0.3) is 6.08 Å². The van der Waals surface area contributed by atoms with Crippen molar-refractivity contribution in [3.8, 4) is 0 Å². The number of aromatic nitrogens is 2. The van der Waals surface area contributed by atoms with Crippen molar-refractivity contribution in [2.75, 3.05) is 5.32 Å². The molecule has 1 atom stereocenters. The Morgan fingerprint density at radius 1 is 1.03 bits per heavy atom. The smallest absolute Gasteiger partial charge is 0.283 e. The molecule has 2 aromatic carbocycles. The Labute approximate surface area is 203 Å². The van der Waals surface area contributed by atoms with E-state index in [1.165, 1.54) is 8.96 Å². The lowest BCUT2D eigenvalue weighted by Gasteiger charge is -2.33. The number of anilines is 1. The highest BCUT2D eigenvalue weighted by atomic mass is 32.2. The van der Waals surface area contributed by atoms with Crippen LogP contribution in [0.5, 0.6) is 0 Å². The van der Waals surface area contributed by atoms with Crippen LogP contribution < -0.4 is 5.32 Å². The Balaban J connectivity index is 1.55. The maximum absolute atomic E-state index is 13.8. The summed E-state index contributed by atoms with van der Waals surface area (Å²) >= 11 is 1.69. The lowest BCUT2D eigenvalue weighted by Crippen LogP contribution is -2.32. The van der Waals surface area contributed by atoms with Gasteiger partial charge < -0.3 is 5.32 Å². The predicted molar refractivity (Wildman–Crippen MR) is 137 cm³/mol. The molecule has 0 aliphatic heterocycles. The zero-order chi connectivity index (χ0) is 23.3. The summed E-state index contributed by atoms with van der Waals surface area (Å²) < 4.78 is 28.9. The van der Waals surface area contributed by atoms with Crippen LogP contribution in [0.3, 0.4) is 0 Å². The standard InChI is InChI=1S/C27H25N3O2S2/c1-19-9-13-22(14-10-19)34(31,32)30-24-18-27(25-8-5-17-33-25,20-6-3-2-4-7-20)16-15-23(24)26(29-30)28-21-11-12-21/h2-10,13-17,21H,11-12,18H2,1H3,(H,28,29). The lowest BCUT2D eigenvalue weighted by molar-refractivity contribution is 0.567. The monoisotopic (exact) mass is 487 g/mol. The van der Waals surface area contributed by atoms with E-state index in [1.807, 2.05) is 37.3 Å². The van der Waals surface area contributed by atoms with Gasteiger partial charge >= 0.3 is 0 Å². The molecule has 0 saturated heterocycles. The fourth-order valence-corrected chi connectivity index (χ4v) is 6.90. The number of allylic oxidation sites excluding steroid dienone is 1. The number of aryl methyl sites for hydroxylation is 1. The summed E-state index contributed by atoms with van der Waals surface area (Å²) in [6.45, 7) is 1.95. The Hall–Kier alpha value is -3.16. The molecule has 1 saturated carbocycles. The Kier molecular flexibility index (Phi) is 5.00. The average Bonchev–Trinajstić information content (AvgIpc) is 3.35. The molecule has 0 bridgehead atoms. The van der Waals surface area contributed by atoms with Crippen LogP contribution in [0, 0.1) is 6.92 Å². The molecule has 6 rings (SSSR count). The largest absolute Gasteiger partial charge is 0.365 e. The van der Waals surface area contributed by atoms with Crippen molar-refractivity contribution in [2.45, 2.75) is 42.5 Å². The molecule has 1 unspecified atom stereocenters. The third-order valence-electron chi connectivity index (χ3n) is 6.68. The molecule has 2 aliphatic carbocycles. The molecule has 172 valence electrons. The molecule has 1 fully saturated rings. The van der Waals surface area contributed by atoms with Gasteiger partial charge in [0.1, 0.15) is 0 Å². The number of thiophene rings is 1. The van der Waals surface area contributed by atoms with E-state index in [0.29, 0.717) is 24.0 Å². The quantitative estimate of drug-likeness (QED) is 0.383. The van der Waals surface area contributed by atoms with E-state index in [9.17, 15) is 8.42 Å². The zero-order valence-corrected chi connectivity index (χ0v) is 20.4. The van der Waals surface area contributed by atoms with E-state index < -0.39 is 15.4 Å². The SMILES string of the molecule is Cc1ccc(S(=O)(=O)n2nc(NC3CC3)c3c2CC(c2ccccc2)(c2cccs2)C=C3)cc1. The minimum Gasteiger partial charge on any atom is -0.365 e. The number of nitrogens with zero attached hydrogens (tertiary/aromatic N) is 2. The van der Waals surface area contributed by atoms with Gasteiger partial charge in [-0.3, -0.25) is 0 Å². The van der Waals surface area contributed by atoms with Crippen molar-refractivity contribution in [1.82, 2.24) is 9.19 Å². The van der Waals surface area contributed by atoms with Gasteiger partial charge in [0.15, 0.2) is 5.82 Å². The first-order valence-corrected chi connectivity index (χ1v) is 13.8. The van der Waals surface area contributed by atoms with Gasteiger partial charge in [0.2, 0.25) is 0 Å². The summed E-state index contributed by atoms with van der Waals surface area (Å²) in [5.41, 5.74) is 3.27. The molecule has 2 aromatic heterocycles. The summed E-state index contributed by atoms with van der Waals surface area (Å²) in [5.74, 6) is 0.650. The van der Waals surface area contributed by atoms with Crippen LogP contribution in [-0.4, -0.2) is 23.6 Å². The Morgan fingerprint density at radius 3 is 2.47 bits per heavy atom. The van der Waals surface area contributed by atoms with Crippen LogP contribution in [0.15, 0.2) is 83.1 Å². The van der Waals surface area contributed by atoms with E-state index in [2.05, 4.69) is 52.2 Å².